The number of nitro benzene ring substituents is 1. The van der Waals surface area contributed by atoms with Crippen molar-refractivity contribution in [2.45, 2.75) is 18.8 Å². The molecule has 3 aromatic rings. The monoisotopic (exact) mass is 438 g/mol. The van der Waals surface area contributed by atoms with Crippen molar-refractivity contribution in [1.29, 1.82) is 0 Å². The standard InChI is InChI=1S/C27H22N2O4/c1-27-23(19-10-6-3-7-11-19)17-16-22(18-8-4-2-5-9-18)24(27)25(30)28(26(27)31)20-12-14-21(15-13-20)29(32)33/h2-17,22-24H,1H3/t22-,23-,24-,27-/m1/s1. The van der Waals surface area contributed by atoms with Gasteiger partial charge in [-0.05, 0) is 30.2 Å². The summed E-state index contributed by atoms with van der Waals surface area (Å²) in [4.78, 5) is 39.6. The molecule has 33 heavy (non-hydrogen) atoms. The lowest BCUT2D eigenvalue weighted by Crippen LogP contribution is -2.42. The molecule has 6 nitrogen and oxygen atoms in total. The number of fused-ring (bicyclic) bond motifs is 1. The number of nitro groups is 1. The van der Waals surface area contributed by atoms with Crippen LogP contribution in [0.3, 0.4) is 0 Å². The molecule has 1 aliphatic carbocycles. The van der Waals surface area contributed by atoms with Gasteiger partial charge >= 0.3 is 0 Å². The fraction of sp³-hybridized carbons (Fsp3) is 0.185. The van der Waals surface area contributed by atoms with Crippen LogP contribution in [0, 0.1) is 21.4 Å². The first kappa shape index (κ1) is 20.8. The molecule has 2 amide bonds. The second kappa shape index (κ2) is 7.81. The first-order valence-electron chi connectivity index (χ1n) is 10.8. The third kappa shape index (κ3) is 3.18. The molecule has 0 radical (unpaired) electrons. The highest BCUT2D eigenvalue weighted by Gasteiger charge is 2.63. The lowest BCUT2D eigenvalue weighted by molar-refractivity contribution is -0.384. The first-order chi connectivity index (χ1) is 15.9. The van der Waals surface area contributed by atoms with Crippen molar-refractivity contribution < 1.29 is 14.5 Å². The number of carbonyl (C=O) groups is 2. The molecular formula is C27H22N2O4. The molecule has 0 unspecified atom stereocenters. The van der Waals surface area contributed by atoms with Gasteiger partial charge < -0.3 is 0 Å². The van der Waals surface area contributed by atoms with Crippen LogP contribution in [-0.2, 0) is 9.59 Å². The third-order valence-electron chi connectivity index (χ3n) is 6.97. The largest absolute Gasteiger partial charge is 0.274 e. The quantitative estimate of drug-likeness (QED) is 0.242. The molecular weight excluding hydrogens is 416 g/mol. The molecule has 0 bridgehead atoms. The predicted octanol–water partition coefficient (Wildman–Crippen LogP) is 5.23. The molecule has 0 saturated carbocycles. The number of amides is 2. The molecule has 1 heterocycles. The summed E-state index contributed by atoms with van der Waals surface area (Å²) in [7, 11) is 0. The second-order valence-electron chi connectivity index (χ2n) is 8.72. The van der Waals surface area contributed by atoms with Crippen LogP contribution >= 0.6 is 0 Å². The maximum Gasteiger partial charge on any atom is 0.269 e. The zero-order valence-corrected chi connectivity index (χ0v) is 18.0. The molecule has 2 aliphatic rings. The summed E-state index contributed by atoms with van der Waals surface area (Å²) in [5.41, 5.74) is 1.20. The summed E-state index contributed by atoms with van der Waals surface area (Å²) in [5, 5.41) is 11.1. The van der Waals surface area contributed by atoms with Crippen LogP contribution in [0.2, 0.25) is 0 Å². The van der Waals surface area contributed by atoms with Gasteiger partial charge in [0, 0.05) is 24.0 Å². The van der Waals surface area contributed by atoms with Crippen LogP contribution in [-0.4, -0.2) is 16.7 Å². The van der Waals surface area contributed by atoms with Crippen LogP contribution in [0.25, 0.3) is 0 Å². The maximum absolute atomic E-state index is 14.0. The Balaban J connectivity index is 1.65. The van der Waals surface area contributed by atoms with E-state index < -0.39 is 16.3 Å². The summed E-state index contributed by atoms with van der Waals surface area (Å²) >= 11 is 0. The van der Waals surface area contributed by atoms with Crippen LogP contribution in [0.5, 0.6) is 0 Å². The molecule has 164 valence electrons. The summed E-state index contributed by atoms with van der Waals surface area (Å²) in [6.07, 6.45) is 4.10. The number of rotatable bonds is 4. The van der Waals surface area contributed by atoms with Crippen LogP contribution in [0.1, 0.15) is 29.9 Å². The van der Waals surface area contributed by atoms with Gasteiger partial charge in [-0.25, -0.2) is 4.90 Å². The van der Waals surface area contributed by atoms with E-state index in [-0.39, 0.29) is 29.3 Å². The molecule has 0 spiro atoms. The molecule has 1 aliphatic heterocycles. The predicted molar refractivity (Wildman–Crippen MR) is 125 cm³/mol. The van der Waals surface area contributed by atoms with Crippen LogP contribution in [0.15, 0.2) is 97.1 Å². The van der Waals surface area contributed by atoms with Gasteiger partial charge in [-0.2, -0.15) is 0 Å². The number of benzene rings is 3. The summed E-state index contributed by atoms with van der Waals surface area (Å²) in [6.45, 7) is 1.88. The number of carbonyl (C=O) groups excluding carboxylic acids is 2. The van der Waals surface area contributed by atoms with Gasteiger partial charge in [-0.1, -0.05) is 72.8 Å². The lowest BCUT2D eigenvalue weighted by Gasteiger charge is -2.41. The highest BCUT2D eigenvalue weighted by molar-refractivity contribution is 6.24. The highest BCUT2D eigenvalue weighted by atomic mass is 16.6. The number of nitrogens with zero attached hydrogens (tertiary/aromatic N) is 2. The summed E-state index contributed by atoms with van der Waals surface area (Å²) in [5.74, 6) is -1.70. The molecule has 0 aromatic heterocycles. The Morgan fingerprint density at radius 1 is 0.818 bits per heavy atom. The Bertz CT molecular complexity index is 1250. The van der Waals surface area contributed by atoms with Crippen molar-refractivity contribution in [2.75, 3.05) is 4.90 Å². The zero-order chi connectivity index (χ0) is 23.2. The SMILES string of the molecule is C[C@]12C(=O)N(c3ccc([N+](=O)[O-])cc3)C(=O)[C@H]1[C@@H](c1ccccc1)C=C[C@@H]2c1ccccc1. The van der Waals surface area contributed by atoms with E-state index in [1.54, 1.807) is 0 Å². The van der Waals surface area contributed by atoms with E-state index in [0.29, 0.717) is 5.69 Å². The molecule has 1 saturated heterocycles. The average molecular weight is 438 g/mol. The fourth-order valence-electron chi connectivity index (χ4n) is 5.33. The number of non-ortho nitro benzene ring substituents is 1. The average Bonchev–Trinajstić information content (AvgIpc) is 3.05. The number of imide groups is 1. The Labute approximate surface area is 191 Å². The highest BCUT2D eigenvalue weighted by Crippen LogP contribution is 2.57. The Hall–Kier alpha value is -4.06. The minimum Gasteiger partial charge on any atom is -0.274 e. The topological polar surface area (TPSA) is 80.5 Å². The van der Waals surface area contributed by atoms with Gasteiger partial charge in [0.25, 0.3) is 5.69 Å². The van der Waals surface area contributed by atoms with Gasteiger partial charge in [0.05, 0.1) is 21.9 Å². The lowest BCUT2D eigenvalue weighted by atomic mass is 9.58. The molecule has 6 heteroatoms. The van der Waals surface area contributed by atoms with Gasteiger partial charge in [0.15, 0.2) is 0 Å². The van der Waals surface area contributed by atoms with Crippen LogP contribution < -0.4 is 4.90 Å². The molecule has 5 rings (SSSR count). The zero-order valence-electron chi connectivity index (χ0n) is 18.0. The first-order valence-corrected chi connectivity index (χ1v) is 10.8. The van der Waals surface area contributed by atoms with Gasteiger partial charge in [0.1, 0.15) is 0 Å². The number of hydrogen-bond donors (Lipinski definition) is 0. The molecule has 3 aromatic carbocycles. The fourth-order valence-corrected chi connectivity index (χ4v) is 5.33. The van der Waals surface area contributed by atoms with E-state index in [1.165, 1.54) is 29.2 Å². The Morgan fingerprint density at radius 3 is 1.97 bits per heavy atom. The number of anilines is 1. The summed E-state index contributed by atoms with van der Waals surface area (Å²) < 4.78 is 0. The van der Waals surface area contributed by atoms with E-state index in [4.69, 9.17) is 0 Å². The Kier molecular flexibility index (Phi) is 4.93. The smallest absolute Gasteiger partial charge is 0.269 e. The normalized spacial score (nSPS) is 26.3. The minimum atomic E-state index is -1.00. The van der Waals surface area contributed by atoms with E-state index in [0.717, 1.165) is 11.1 Å². The van der Waals surface area contributed by atoms with E-state index in [1.807, 2.05) is 79.7 Å². The van der Waals surface area contributed by atoms with Crippen LogP contribution in [0.4, 0.5) is 11.4 Å². The minimum absolute atomic E-state index is 0.0903. The van der Waals surface area contributed by atoms with E-state index >= 15 is 0 Å². The van der Waals surface area contributed by atoms with Gasteiger partial charge in [-0.3, -0.25) is 19.7 Å². The van der Waals surface area contributed by atoms with Crippen molar-refractivity contribution in [3.8, 4) is 0 Å². The molecule has 4 atom stereocenters. The van der Waals surface area contributed by atoms with E-state index in [2.05, 4.69) is 0 Å². The van der Waals surface area contributed by atoms with Crippen molar-refractivity contribution in [3.05, 3.63) is 118 Å². The van der Waals surface area contributed by atoms with Crippen molar-refractivity contribution in [2.24, 2.45) is 11.3 Å². The van der Waals surface area contributed by atoms with Crippen molar-refractivity contribution >= 4 is 23.2 Å². The third-order valence-corrected chi connectivity index (χ3v) is 6.97. The Morgan fingerprint density at radius 2 is 1.39 bits per heavy atom. The summed E-state index contributed by atoms with van der Waals surface area (Å²) in [6, 6.07) is 25.1. The van der Waals surface area contributed by atoms with Gasteiger partial charge in [0.2, 0.25) is 11.8 Å². The molecule has 0 N–H and O–H groups in total. The number of allylic oxidation sites excluding steroid dienone is 2. The molecule has 1 fully saturated rings. The van der Waals surface area contributed by atoms with E-state index in [9.17, 15) is 19.7 Å². The maximum atomic E-state index is 14.0. The van der Waals surface area contributed by atoms with Crippen molar-refractivity contribution in [1.82, 2.24) is 0 Å². The van der Waals surface area contributed by atoms with Crippen molar-refractivity contribution in [3.63, 3.8) is 0 Å². The number of hydrogen-bond acceptors (Lipinski definition) is 4. The van der Waals surface area contributed by atoms with Gasteiger partial charge in [-0.15, -0.1) is 0 Å². The second-order valence-corrected chi connectivity index (χ2v) is 8.72.